The average Bonchev–Trinajstić information content (AvgIpc) is 2.66. The van der Waals surface area contributed by atoms with Crippen molar-refractivity contribution in [1.82, 2.24) is 0 Å². The SMILES string of the molecule is CCOC(=O)C1=C(CCl)OC(N)=C(C#N)[C@@H]1c1cccc(OC)c1OC. The van der Waals surface area contributed by atoms with Crippen LogP contribution < -0.4 is 15.2 Å². The number of hydrogen-bond donors (Lipinski definition) is 1. The molecule has 8 heteroatoms. The van der Waals surface area contributed by atoms with Crippen LogP contribution in [0.1, 0.15) is 18.4 Å². The molecule has 0 aliphatic carbocycles. The van der Waals surface area contributed by atoms with Crippen LogP contribution in [0.2, 0.25) is 0 Å². The maximum Gasteiger partial charge on any atom is 0.338 e. The number of nitriles is 1. The minimum Gasteiger partial charge on any atom is -0.493 e. The lowest BCUT2D eigenvalue weighted by molar-refractivity contribution is -0.139. The third-order valence-corrected chi connectivity index (χ3v) is 4.10. The number of carbonyl (C=O) groups is 1. The van der Waals surface area contributed by atoms with Gasteiger partial charge in [-0.2, -0.15) is 5.26 Å². The second-order valence-corrected chi connectivity index (χ2v) is 5.47. The van der Waals surface area contributed by atoms with Gasteiger partial charge in [-0.05, 0) is 13.0 Å². The highest BCUT2D eigenvalue weighted by atomic mass is 35.5. The van der Waals surface area contributed by atoms with Crippen LogP contribution >= 0.6 is 11.6 Å². The Bertz CT molecular complexity index is 810. The molecule has 1 heterocycles. The van der Waals surface area contributed by atoms with Gasteiger partial charge >= 0.3 is 5.97 Å². The first kappa shape index (κ1) is 19.5. The standard InChI is InChI=1S/C18H19ClN2O5/c1-4-25-18(22)15-13(8-19)26-17(21)11(9-20)14(15)10-6-5-7-12(23-2)16(10)24-3/h5-7,14H,4,8,21H2,1-3H3/t14-/m0/s1. The Morgan fingerprint density at radius 1 is 1.38 bits per heavy atom. The molecule has 1 atom stereocenters. The maximum atomic E-state index is 12.6. The van der Waals surface area contributed by atoms with Crippen LogP contribution in [-0.4, -0.2) is 32.7 Å². The summed E-state index contributed by atoms with van der Waals surface area (Å²) in [6.07, 6.45) is 0. The molecule has 138 valence electrons. The van der Waals surface area contributed by atoms with Crippen LogP contribution in [0.3, 0.4) is 0 Å². The normalized spacial score (nSPS) is 16.7. The summed E-state index contributed by atoms with van der Waals surface area (Å²) in [6.45, 7) is 1.83. The smallest absolute Gasteiger partial charge is 0.338 e. The number of alkyl halides is 1. The van der Waals surface area contributed by atoms with Gasteiger partial charge in [0, 0.05) is 5.56 Å². The second-order valence-electron chi connectivity index (χ2n) is 5.20. The third-order valence-electron chi connectivity index (χ3n) is 3.86. The summed E-state index contributed by atoms with van der Waals surface area (Å²) in [5.41, 5.74) is 6.59. The first-order valence-electron chi connectivity index (χ1n) is 7.78. The fraction of sp³-hybridized carbons (Fsp3) is 0.333. The first-order chi connectivity index (χ1) is 12.5. The summed E-state index contributed by atoms with van der Waals surface area (Å²) < 4.78 is 21.3. The molecular formula is C18H19ClN2O5. The van der Waals surface area contributed by atoms with Crippen molar-refractivity contribution >= 4 is 17.6 Å². The number of nitrogens with zero attached hydrogens (tertiary/aromatic N) is 1. The van der Waals surface area contributed by atoms with Crippen LogP contribution in [0.4, 0.5) is 0 Å². The lowest BCUT2D eigenvalue weighted by Gasteiger charge is -2.28. The molecule has 0 amide bonds. The van der Waals surface area contributed by atoms with Crippen LogP contribution in [-0.2, 0) is 14.3 Å². The van der Waals surface area contributed by atoms with Gasteiger partial charge in [0.2, 0.25) is 5.88 Å². The molecule has 7 nitrogen and oxygen atoms in total. The third kappa shape index (κ3) is 3.41. The van der Waals surface area contributed by atoms with Crippen molar-refractivity contribution < 1.29 is 23.7 Å². The Balaban J connectivity index is 2.78. The van der Waals surface area contributed by atoms with E-state index in [1.165, 1.54) is 14.2 Å². The number of hydrogen-bond acceptors (Lipinski definition) is 7. The van der Waals surface area contributed by atoms with Gasteiger partial charge in [-0.15, -0.1) is 11.6 Å². The molecule has 1 aliphatic heterocycles. The number of rotatable bonds is 6. The van der Waals surface area contributed by atoms with E-state index in [0.29, 0.717) is 17.1 Å². The van der Waals surface area contributed by atoms with Gasteiger partial charge < -0.3 is 24.7 Å². The summed E-state index contributed by atoms with van der Waals surface area (Å²) in [5.74, 6) is -0.773. The molecular weight excluding hydrogens is 360 g/mol. The highest BCUT2D eigenvalue weighted by molar-refractivity contribution is 6.19. The van der Waals surface area contributed by atoms with Crippen molar-refractivity contribution in [2.24, 2.45) is 5.73 Å². The Kier molecular flexibility index (Phi) is 6.36. The second kappa shape index (κ2) is 8.50. The molecule has 1 aromatic carbocycles. The zero-order valence-electron chi connectivity index (χ0n) is 14.7. The molecule has 1 aliphatic rings. The van der Waals surface area contributed by atoms with Gasteiger partial charge in [0.1, 0.15) is 17.4 Å². The quantitative estimate of drug-likeness (QED) is 0.599. The topological polar surface area (TPSA) is 104 Å². The summed E-state index contributed by atoms with van der Waals surface area (Å²) in [4.78, 5) is 12.6. The van der Waals surface area contributed by atoms with Gasteiger partial charge in [-0.3, -0.25) is 0 Å². The number of ether oxygens (including phenoxy) is 4. The number of benzene rings is 1. The van der Waals surface area contributed by atoms with E-state index in [4.69, 9.17) is 36.3 Å². The minimum atomic E-state index is -0.855. The lowest BCUT2D eigenvalue weighted by atomic mass is 9.82. The molecule has 0 fully saturated rings. The van der Waals surface area contributed by atoms with Crippen molar-refractivity contribution in [2.75, 3.05) is 26.7 Å². The number of nitrogens with two attached hydrogens (primary N) is 1. The molecule has 0 bridgehead atoms. The van der Waals surface area contributed by atoms with Crippen LogP contribution in [0.5, 0.6) is 11.5 Å². The van der Waals surface area contributed by atoms with Crippen LogP contribution in [0.25, 0.3) is 0 Å². The average molecular weight is 379 g/mol. The molecule has 2 rings (SSSR count). The fourth-order valence-electron chi connectivity index (χ4n) is 2.80. The number of carbonyl (C=O) groups excluding carboxylic acids is 1. The Morgan fingerprint density at radius 3 is 2.65 bits per heavy atom. The summed E-state index contributed by atoms with van der Waals surface area (Å²) in [5, 5.41) is 9.62. The van der Waals surface area contributed by atoms with Gasteiger partial charge in [0.05, 0.1) is 38.2 Å². The van der Waals surface area contributed by atoms with Crippen molar-refractivity contribution in [2.45, 2.75) is 12.8 Å². The van der Waals surface area contributed by atoms with E-state index in [1.807, 2.05) is 6.07 Å². The molecule has 1 aromatic rings. The minimum absolute atomic E-state index is 0.0634. The van der Waals surface area contributed by atoms with E-state index in [0.717, 1.165) is 0 Å². The van der Waals surface area contributed by atoms with Crippen molar-refractivity contribution in [3.05, 3.63) is 46.6 Å². The van der Waals surface area contributed by atoms with E-state index in [2.05, 4.69) is 0 Å². The van der Waals surface area contributed by atoms with Crippen molar-refractivity contribution in [3.63, 3.8) is 0 Å². The summed E-state index contributed by atoms with van der Waals surface area (Å²) in [6, 6.07) is 7.15. The lowest BCUT2D eigenvalue weighted by Crippen LogP contribution is -2.27. The number of esters is 1. The predicted octanol–water partition coefficient (Wildman–Crippen LogP) is 2.57. The fourth-order valence-corrected chi connectivity index (χ4v) is 3.00. The Labute approximate surface area is 156 Å². The highest BCUT2D eigenvalue weighted by Crippen LogP contribution is 2.45. The summed E-state index contributed by atoms with van der Waals surface area (Å²) in [7, 11) is 2.96. The van der Waals surface area contributed by atoms with Gasteiger partial charge in [-0.25, -0.2) is 4.79 Å². The zero-order valence-corrected chi connectivity index (χ0v) is 15.4. The first-order valence-corrected chi connectivity index (χ1v) is 8.31. The van der Waals surface area contributed by atoms with E-state index in [9.17, 15) is 10.1 Å². The molecule has 0 aromatic heterocycles. The van der Waals surface area contributed by atoms with Gasteiger partial charge in [0.25, 0.3) is 0 Å². The maximum absolute atomic E-state index is 12.6. The van der Waals surface area contributed by atoms with Gasteiger partial charge in [-0.1, -0.05) is 12.1 Å². The molecule has 0 saturated heterocycles. The van der Waals surface area contributed by atoms with E-state index < -0.39 is 11.9 Å². The van der Waals surface area contributed by atoms with E-state index >= 15 is 0 Å². The number of methoxy groups -OCH3 is 2. The summed E-state index contributed by atoms with van der Waals surface area (Å²) >= 11 is 5.95. The van der Waals surface area contributed by atoms with E-state index in [1.54, 1.807) is 25.1 Å². The molecule has 2 N–H and O–H groups in total. The molecule has 0 radical (unpaired) electrons. The van der Waals surface area contributed by atoms with Gasteiger partial charge in [0.15, 0.2) is 11.5 Å². The van der Waals surface area contributed by atoms with Crippen molar-refractivity contribution in [1.29, 1.82) is 5.26 Å². The van der Waals surface area contributed by atoms with Crippen LogP contribution in [0.15, 0.2) is 41.0 Å². The molecule has 0 spiro atoms. The number of halogens is 1. The number of allylic oxidation sites excluding steroid dienone is 2. The largest absolute Gasteiger partial charge is 0.493 e. The Morgan fingerprint density at radius 2 is 2.12 bits per heavy atom. The molecule has 0 saturated carbocycles. The number of para-hydroxylation sites is 1. The van der Waals surface area contributed by atoms with E-state index in [-0.39, 0.29) is 35.3 Å². The van der Waals surface area contributed by atoms with Crippen LogP contribution in [0, 0.1) is 11.3 Å². The van der Waals surface area contributed by atoms with Crippen molar-refractivity contribution in [3.8, 4) is 17.6 Å². The highest BCUT2D eigenvalue weighted by Gasteiger charge is 2.39. The predicted molar refractivity (Wildman–Crippen MR) is 94.6 cm³/mol. The zero-order chi connectivity index (χ0) is 19.3. The molecule has 26 heavy (non-hydrogen) atoms. The monoisotopic (exact) mass is 378 g/mol. The molecule has 0 unspecified atom stereocenters. The Hall–Kier alpha value is -2.85.